The summed E-state index contributed by atoms with van der Waals surface area (Å²) in [6.07, 6.45) is 6.21. The van der Waals surface area contributed by atoms with Crippen LogP contribution >= 0.6 is 0 Å². The Kier molecular flexibility index (Phi) is 5.61. The lowest BCUT2D eigenvalue weighted by molar-refractivity contribution is 0.198. The summed E-state index contributed by atoms with van der Waals surface area (Å²) >= 11 is 0. The Morgan fingerprint density at radius 2 is 1.96 bits per heavy atom. The van der Waals surface area contributed by atoms with E-state index in [9.17, 15) is 5.11 Å². The van der Waals surface area contributed by atoms with Gasteiger partial charge in [-0.05, 0) is 79.2 Å². The molecule has 2 aromatic rings. The van der Waals surface area contributed by atoms with Gasteiger partial charge in [-0.3, -0.25) is 0 Å². The minimum atomic E-state index is -0.386. The number of aryl methyl sites for hydroxylation is 1. The molecule has 0 spiro atoms. The lowest BCUT2D eigenvalue weighted by Crippen LogP contribution is -2.40. The molecule has 4 rings (SSSR count). The molecular weight excluding hydrogens is 350 g/mol. The molecule has 0 saturated heterocycles. The van der Waals surface area contributed by atoms with Crippen molar-refractivity contribution in [2.45, 2.75) is 50.0 Å². The molecule has 2 aliphatic carbocycles. The third-order valence-corrected chi connectivity index (χ3v) is 6.52. The molecule has 0 aromatic heterocycles. The largest absolute Gasteiger partial charge is 0.497 e. The third-order valence-electron chi connectivity index (χ3n) is 6.52. The van der Waals surface area contributed by atoms with Crippen molar-refractivity contribution >= 4 is 0 Å². The standard InChI is InChI=1S/C24H31NO3/c1-27-22-3-2-4-23(13-22)28-15-17-5-6-19-12-20(8-7-18(19)11-17)21-9-10-24(25,14-21)16-26/h2-4,7-8,12-13,17,21,26H,5-6,9-11,14-16,25H2,1H3/t17-,21-,24-/m0/s1. The minimum absolute atomic E-state index is 0.0867. The molecule has 150 valence electrons. The van der Waals surface area contributed by atoms with Crippen molar-refractivity contribution in [3.63, 3.8) is 0 Å². The van der Waals surface area contributed by atoms with E-state index in [2.05, 4.69) is 18.2 Å². The van der Waals surface area contributed by atoms with E-state index in [1.807, 2.05) is 24.3 Å². The first kappa shape index (κ1) is 19.3. The van der Waals surface area contributed by atoms with Crippen LogP contribution < -0.4 is 15.2 Å². The number of benzene rings is 2. The van der Waals surface area contributed by atoms with Crippen LogP contribution in [0.1, 0.15) is 48.3 Å². The molecule has 0 heterocycles. The number of hydrogen-bond acceptors (Lipinski definition) is 4. The maximum Gasteiger partial charge on any atom is 0.122 e. The van der Waals surface area contributed by atoms with E-state index < -0.39 is 0 Å². The normalized spacial score (nSPS) is 26.7. The Morgan fingerprint density at radius 1 is 1.11 bits per heavy atom. The van der Waals surface area contributed by atoms with E-state index in [0.29, 0.717) is 11.8 Å². The summed E-state index contributed by atoms with van der Waals surface area (Å²) in [5.74, 6) is 2.73. The van der Waals surface area contributed by atoms with Crippen molar-refractivity contribution in [1.29, 1.82) is 0 Å². The van der Waals surface area contributed by atoms with Crippen LogP contribution in [0, 0.1) is 5.92 Å². The van der Waals surface area contributed by atoms with Gasteiger partial charge in [0.2, 0.25) is 0 Å². The maximum absolute atomic E-state index is 9.53. The number of fused-ring (bicyclic) bond motifs is 1. The van der Waals surface area contributed by atoms with Crippen LogP contribution in [0.15, 0.2) is 42.5 Å². The van der Waals surface area contributed by atoms with Crippen LogP contribution in [0.4, 0.5) is 0 Å². The second-order valence-electron chi connectivity index (χ2n) is 8.59. The average molecular weight is 382 g/mol. The van der Waals surface area contributed by atoms with Gasteiger partial charge in [0.1, 0.15) is 11.5 Å². The fraction of sp³-hybridized carbons (Fsp3) is 0.500. The molecule has 0 aliphatic heterocycles. The molecule has 4 nitrogen and oxygen atoms in total. The van der Waals surface area contributed by atoms with Crippen molar-refractivity contribution in [2.75, 3.05) is 20.3 Å². The molecule has 3 atom stereocenters. The number of hydrogen-bond donors (Lipinski definition) is 2. The summed E-state index contributed by atoms with van der Waals surface area (Å²) in [5, 5.41) is 9.53. The zero-order valence-electron chi connectivity index (χ0n) is 16.7. The highest BCUT2D eigenvalue weighted by Crippen LogP contribution is 2.40. The molecule has 0 amide bonds. The summed E-state index contributed by atoms with van der Waals surface area (Å²) in [7, 11) is 1.67. The molecule has 2 aromatic carbocycles. The van der Waals surface area contributed by atoms with Crippen molar-refractivity contribution in [1.82, 2.24) is 0 Å². The zero-order chi connectivity index (χ0) is 19.6. The van der Waals surface area contributed by atoms with Gasteiger partial charge >= 0.3 is 0 Å². The summed E-state index contributed by atoms with van der Waals surface area (Å²) in [6.45, 7) is 0.826. The summed E-state index contributed by atoms with van der Waals surface area (Å²) in [5.41, 5.74) is 10.2. The van der Waals surface area contributed by atoms with Gasteiger partial charge in [-0.15, -0.1) is 0 Å². The fourth-order valence-corrected chi connectivity index (χ4v) is 4.74. The van der Waals surface area contributed by atoms with Crippen molar-refractivity contribution in [3.8, 4) is 11.5 Å². The molecule has 0 unspecified atom stereocenters. The van der Waals surface area contributed by atoms with Crippen LogP contribution in [-0.2, 0) is 12.8 Å². The van der Waals surface area contributed by atoms with E-state index in [-0.39, 0.29) is 12.1 Å². The van der Waals surface area contributed by atoms with E-state index in [1.54, 1.807) is 7.11 Å². The van der Waals surface area contributed by atoms with Crippen LogP contribution in [0.5, 0.6) is 11.5 Å². The first-order chi connectivity index (χ1) is 13.6. The molecule has 3 N–H and O–H groups in total. The van der Waals surface area contributed by atoms with Crippen LogP contribution in [0.25, 0.3) is 0 Å². The SMILES string of the molecule is COc1cccc(OC[C@H]2CCc3cc([C@H]4CC[C@@](N)(CO)C4)ccc3C2)c1. The fourth-order valence-electron chi connectivity index (χ4n) is 4.74. The van der Waals surface area contributed by atoms with Crippen LogP contribution in [-0.4, -0.2) is 31.0 Å². The highest BCUT2D eigenvalue weighted by atomic mass is 16.5. The Hall–Kier alpha value is -2.04. The highest BCUT2D eigenvalue weighted by Gasteiger charge is 2.36. The lowest BCUT2D eigenvalue weighted by atomic mass is 9.82. The van der Waals surface area contributed by atoms with Gasteiger partial charge in [-0.25, -0.2) is 0 Å². The van der Waals surface area contributed by atoms with Crippen LogP contribution in [0.3, 0.4) is 0 Å². The zero-order valence-corrected chi connectivity index (χ0v) is 16.7. The van der Waals surface area contributed by atoms with Crippen LogP contribution in [0.2, 0.25) is 0 Å². The smallest absolute Gasteiger partial charge is 0.122 e. The van der Waals surface area contributed by atoms with Gasteiger partial charge in [0, 0.05) is 11.6 Å². The Bertz CT molecular complexity index is 821. The molecule has 0 radical (unpaired) electrons. The number of methoxy groups -OCH3 is 1. The van der Waals surface area contributed by atoms with Gasteiger partial charge in [-0.1, -0.05) is 24.3 Å². The predicted octanol–water partition coefficient (Wildman–Crippen LogP) is 3.84. The number of aliphatic hydroxyl groups excluding tert-OH is 1. The second-order valence-corrected chi connectivity index (χ2v) is 8.59. The summed E-state index contributed by atoms with van der Waals surface area (Å²) in [6, 6.07) is 14.8. The first-order valence-corrected chi connectivity index (χ1v) is 10.4. The first-order valence-electron chi connectivity index (χ1n) is 10.4. The van der Waals surface area contributed by atoms with Crippen molar-refractivity contribution in [2.24, 2.45) is 11.7 Å². The van der Waals surface area contributed by atoms with Gasteiger partial charge in [-0.2, -0.15) is 0 Å². The van der Waals surface area contributed by atoms with Gasteiger partial charge in [0.05, 0.1) is 20.3 Å². The molecule has 1 fully saturated rings. The lowest BCUT2D eigenvalue weighted by Gasteiger charge is -2.26. The van der Waals surface area contributed by atoms with E-state index in [1.165, 1.54) is 16.7 Å². The summed E-state index contributed by atoms with van der Waals surface area (Å²) in [4.78, 5) is 0. The molecular formula is C24H31NO3. The molecule has 28 heavy (non-hydrogen) atoms. The summed E-state index contributed by atoms with van der Waals surface area (Å²) < 4.78 is 11.3. The van der Waals surface area contributed by atoms with E-state index >= 15 is 0 Å². The Labute approximate surface area is 167 Å². The number of nitrogens with two attached hydrogens (primary N) is 1. The maximum atomic E-state index is 9.53. The quantitative estimate of drug-likeness (QED) is 0.798. The Balaban J connectivity index is 1.37. The van der Waals surface area contributed by atoms with Gasteiger partial charge in [0.15, 0.2) is 0 Å². The Morgan fingerprint density at radius 3 is 2.75 bits per heavy atom. The number of ether oxygens (including phenoxy) is 2. The van der Waals surface area contributed by atoms with E-state index in [0.717, 1.165) is 56.6 Å². The third kappa shape index (κ3) is 4.18. The molecule has 1 saturated carbocycles. The van der Waals surface area contributed by atoms with Gasteiger partial charge < -0.3 is 20.3 Å². The van der Waals surface area contributed by atoms with E-state index in [4.69, 9.17) is 15.2 Å². The minimum Gasteiger partial charge on any atom is -0.497 e. The monoisotopic (exact) mass is 381 g/mol. The topological polar surface area (TPSA) is 64.7 Å². The number of rotatable bonds is 6. The molecule has 2 aliphatic rings. The van der Waals surface area contributed by atoms with Crippen molar-refractivity contribution in [3.05, 3.63) is 59.2 Å². The van der Waals surface area contributed by atoms with Gasteiger partial charge in [0.25, 0.3) is 0 Å². The molecule has 0 bridgehead atoms. The number of aliphatic hydroxyl groups is 1. The predicted molar refractivity (Wildman–Crippen MR) is 111 cm³/mol. The average Bonchev–Trinajstić information content (AvgIpc) is 3.14. The van der Waals surface area contributed by atoms with Crippen molar-refractivity contribution < 1.29 is 14.6 Å². The second kappa shape index (κ2) is 8.14. The highest BCUT2D eigenvalue weighted by molar-refractivity contribution is 5.37. The molecule has 4 heteroatoms.